The molecule has 0 aliphatic heterocycles. The van der Waals surface area contributed by atoms with Crippen LogP contribution in [0, 0.1) is 11.3 Å². The largest absolute Gasteiger partial charge is 0.299 e. The number of amides is 1. The van der Waals surface area contributed by atoms with Gasteiger partial charge in [0.05, 0.1) is 22.9 Å². The zero-order valence-electron chi connectivity index (χ0n) is 13.9. The van der Waals surface area contributed by atoms with Gasteiger partial charge in [0.15, 0.2) is 0 Å². The number of rotatable bonds is 12. The summed E-state index contributed by atoms with van der Waals surface area (Å²) in [6.07, 6.45) is 12.5. The number of carbonyl (C=O) groups excluding carboxylic acids is 1. The number of nitrogens with one attached hydrogen (secondary N) is 1. The second kappa shape index (κ2) is 11.8. The molecule has 3 heteroatoms. The summed E-state index contributed by atoms with van der Waals surface area (Å²) in [7, 11) is 0. The van der Waals surface area contributed by atoms with Gasteiger partial charge < -0.3 is 0 Å². The van der Waals surface area contributed by atoms with Crippen LogP contribution >= 0.6 is 22.9 Å². The molecule has 1 N–H and O–H groups in total. The lowest BCUT2D eigenvalue weighted by atomic mass is 9.78. The maximum atomic E-state index is 11.6. The molecule has 0 aromatic heterocycles. The molecule has 0 rings (SSSR count). The Kier molecular flexibility index (Phi) is 11.9. The molecule has 0 aromatic carbocycles. The molecule has 0 spiro atoms. The van der Waals surface area contributed by atoms with Gasteiger partial charge in [-0.2, -0.15) is 0 Å². The molecule has 0 saturated carbocycles. The lowest BCUT2D eigenvalue weighted by molar-refractivity contribution is -0.122. The molecule has 120 valence electrons. The Morgan fingerprint density at radius 1 is 1.10 bits per heavy atom. The minimum absolute atomic E-state index is 0.203. The summed E-state index contributed by atoms with van der Waals surface area (Å²) < 4.78 is 2.74. The van der Waals surface area contributed by atoms with E-state index in [2.05, 4.69) is 31.2 Å². The zero-order valence-corrected chi connectivity index (χ0v) is 16.1. The molecule has 2 atom stereocenters. The Balaban J connectivity index is 3.86. The number of halogens is 1. The summed E-state index contributed by atoms with van der Waals surface area (Å²) in [5.74, 6) is 0.416. The van der Waals surface area contributed by atoms with Crippen LogP contribution < -0.4 is 3.53 Å². The Labute approximate surface area is 140 Å². The summed E-state index contributed by atoms with van der Waals surface area (Å²) in [5, 5.41) is 0. The molecule has 2 unspecified atom stereocenters. The first-order chi connectivity index (χ1) is 9.52. The highest BCUT2D eigenvalue weighted by molar-refractivity contribution is 14.1. The van der Waals surface area contributed by atoms with Gasteiger partial charge in [-0.1, -0.05) is 66.2 Å². The van der Waals surface area contributed by atoms with Gasteiger partial charge in [-0.15, -0.1) is 0 Å². The van der Waals surface area contributed by atoms with Crippen molar-refractivity contribution in [2.75, 3.05) is 0 Å². The highest BCUT2D eigenvalue weighted by atomic mass is 127. The number of carbonyl (C=O) groups is 1. The van der Waals surface area contributed by atoms with E-state index < -0.39 is 0 Å². The van der Waals surface area contributed by atoms with Crippen molar-refractivity contribution >= 4 is 28.8 Å². The topological polar surface area (TPSA) is 29.1 Å². The normalized spacial score (nSPS) is 15.7. The predicted octanol–water partition coefficient (Wildman–Crippen LogP) is 6.04. The molecular weight excluding hydrogens is 361 g/mol. The standard InChI is InChI=1S/C17H34INO/c1-5-8-13-17(4,7-3)14-11-9-10-12-15(6-2)16(20)19-18/h15H,5-14H2,1-4H3,(H,19,20). The van der Waals surface area contributed by atoms with Crippen LogP contribution in [0.4, 0.5) is 0 Å². The van der Waals surface area contributed by atoms with Gasteiger partial charge >= 0.3 is 0 Å². The first-order valence-corrected chi connectivity index (χ1v) is 9.51. The predicted molar refractivity (Wildman–Crippen MR) is 97.0 cm³/mol. The fourth-order valence-electron chi connectivity index (χ4n) is 2.80. The fraction of sp³-hybridized carbons (Fsp3) is 0.941. The van der Waals surface area contributed by atoms with Crippen molar-refractivity contribution in [1.82, 2.24) is 3.53 Å². The van der Waals surface area contributed by atoms with Crippen molar-refractivity contribution in [3.05, 3.63) is 0 Å². The molecule has 1 amide bonds. The van der Waals surface area contributed by atoms with Crippen molar-refractivity contribution in [1.29, 1.82) is 0 Å². The average Bonchev–Trinajstić information content (AvgIpc) is 2.48. The molecule has 0 radical (unpaired) electrons. The van der Waals surface area contributed by atoms with E-state index in [1.54, 1.807) is 0 Å². The molecule has 0 aliphatic carbocycles. The van der Waals surface area contributed by atoms with E-state index in [0.717, 1.165) is 12.8 Å². The van der Waals surface area contributed by atoms with E-state index in [4.69, 9.17) is 0 Å². The van der Waals surface area contributed by atoms with Crippen LogP contribution in [-0.2, 0) is 4.79 Å². The molecule has 0 bridgehead atoms. The monoisotopic (exact) mass is 395 g/mol. The van der Waals surface area contributed by atoms with Crippen LogP contribution in [0.15, 0.2) is 0 Å². The zero-order chi connectivity index (χ0) is 15.4. The van der Waals surface area contributed by atoms with Crippen LogP contribution in [0.3, 0.4) is 0 Å². The van der Waals surface area contributed by atoms with Crippen LogP contribution in [0.5, 0.6) is 0 Å². The van der Waals surface area contributed by atoms with Gasteiger partial charge in [-0.3, -0.25) is 8.32 Å². The van der Waals surface area contributed by atoms with Gasteiger partial charge in [0.25, 0.3) is 0 Å². The van der Waals surface area contributed by atoms with Crippen molar-refractivity contribution < 1.29 is 4.79 Å². The van der Waals surface area contributed by atoms with Gasteiger partial charge in [0.1, 0.15) is 0 Å². The van der Waals surface area contributed by atoms with E-state index in [-0.39, 0.29) is 11.8 Å². The maximum absolute atomic E-state index is 11.6. The van der Waals surface area contributed by atoms with Crippen molar-refractivity contribution in [3.63, 3.8) is 0 Å². The van der Waals surface area contributed by atoms with Gasteiger partial charge in [0, 0.05) is 5.92 Å². The minimum Gasteiger partial charge on any atom is -0.299 e. The van der Waals surface area contributed by atoms with Crippen molar-refractivity contribution in [2.24, 2.45) is 11.3 Å². The molecule has 0 aliphatic rings. The van der Waals surface area contributed by atoms with Crippen LogP contribution in [0.2, 0.25) is 0 Å². The summed E-state index contributed by atoms with van der Waals surface area (Å²) in [5.41, 5.74) is 0.541. The second-order valence-corrected chi connectivity index (χ2v) is 6.97. The smallest absolute Gasteiger partial charge is 0.231 e. The molecule has 0 fully saturated rings. The lowest BCUT2D eigenvalue weighted by Gasteiger charge is -2.28. The molecule has 0 saturated heterocycles. The first-order valence-electron chi connectivity index (χ1n) is 8.43. The quantitative estimate of drug-likeness (QED) is 0.244. The third kappa shape index (κ3) is 8.48. The number of hydrogen-bond acceptors (Lipinski definition) is 1. The Morgan fingerprint density at radius 2 is 1.75 bits per heavy atom. The minimum atomic E-state index is 0.203. The van der Waals surface area contributed by atoms with E-state index in [1.807, 2.05) is 22.9 Å². The van der Waals surface area contributed by atoms with E-state index in [1.165, 1.54) is 51.4 Å². The van der Waals surface area contributed by atoms with E-state index in [0.29, 0.717) is 5.41 Å². The number of unbranched alkanes of at least 4 members (excludes halogenated alkanes) is 3. The van der Waals surface area contributed by atoms with Crippen molar-refractivity contribution in [3.8, 4) is 0 Å². The molecule has 20 heavy (non-hydrogen) atoms. The van der Waals surface area contributed by atoms with E-state index >= 15 is 0 Å². The maximum Gasteiger partial charge on any atom is 0.231 e. The van der Waals surface area contributed by atoms with Crippen LogP contribution in [-0.4, -0.2) is 5.91 Å². The summed E-state index contributed by atoms with van der Waals surface area (Å²) in [4.78, 5) is 11.6. The highest BCUT2D eigenvalue weighted by Gasteiger charge is 2.20. The summed E-state index contributed by atoms with van der Waals surface area (Å²) in [6, 6.07) is 0. The van der Waals surface area contributed by atoms with Gasteiger partial charge in [-0.25, -0.2) is 0 Å². The van der Waals surface area contributed by atoms with Crippen LogP contribution in [0.25, 0.3) is 0 Å². The van der Waals surface area contributed by atoms with Crippen LogP contribution in [0.1, 0.15) is 91.9 Å². The molecule has 0 aromatic rings. The third-order valence-electron chi connectivity index (χ3n) is 4.78. The molecule has 0 heterocycles. The van der Waals surface area contributed by atoms with Gasteiger partial charge in [0.2, 0.25) is 5.91 Å². The lowest BCUT2D eigenvalue weighted by Crippen LogP contribution is -2.22. The molecule has 2 nitrogen and oxygen atoms in total. The molecular formula is C17H34INO. The fourth-order valence-corrected chi connectivity index (χ4v) is 3.24. The van der Waals surface area contributed by atoms with Gasteiger partial charge in [-0.05, 0) is 31.1 Å². The highest BCUT2D eigenvalue weighted by Crippen LogP contribution is 2.34. The number of hydrogen-bond donors (Lipinski definition) is 1. The third-order valence-corrected chi connectivity index (χ3v) is 5.31. The Morgan fingerprint density at radius 3 is 2.25 bits per heavy atom. The second-order valence-electron chi connectivity index (χ2n) is 6.43. The summed E-state index contributed by atoms with van der Waals surface area (Å²) >= 11 is 1.95. The van der Waals surface area contributed by atoms with Crippen molar-refractivity contribution in [2.45, 2.75) is 91.9 Å². The Bertz CT molecular complexity index is 257. The van der Waals surface area contributed by atoms with E-state index in [9.17, 15) is 4.79 Å². The SMILES string of the molecule is CCCCC(C)(CC)CCCCCC(CC)C(=O)NI. The first kappa shape index (κ1) is 20.2. The summed E-state index contributed by atoms with van der Waals surface area (Å²) in [6.45, 7) is 9.16. The Hall–Kier alpha value is 0.200. The average molecular weight is 395 g/mol.